The van der Waals surface area contributed by atoms with Crippen molar-refractivity contribution >= 4 is 0 Å². The van der Waals surface area contributed by atoms with E-state index in [-0.39, 0.29) is 0 Å². The summed E-state index contributed by atoms with van der Waals surface area (Å²) in [7, 11) is 0. The first-order valence-electron chi connectivity index (χ1n) is 7.28. The van der Waals surface area contributed by atoms with Gasteiger partial charge in [0.25, 0.3) is 0 Å². The van der Waals surface area contributed by atoms with E-state index in [0.717, 1.165) is 38.1 Å². The standard InChI is InChI=1S/C15H31NO/c1-13(2)12-16-8-7-15(3,4)11-14-5-9-17-10-6-14/h13-14,16H,5-12H2,1-4H3. The normalized spacial score (nSPS) is 18.9. The van der Waals surface area contributed by atoms with Crippen LogP contribution in [-0.4, -0.2) is 26.3 Å². The molecule has 2 heteroatoms. The van der Waals surface area contributed by atoms with Crippen LogP contribution in [0.2, 0.25) is 0 Å². The monoisotopic (exact) mass is 241 g/mol. The largest absolute Gasteiger partial charge is 0.381 e. The number of ether oxygens (including phenoxy) is 1. The van der Waals surface area contributed by atoms with E-state index in [0.29, 0.717) is 5.41 Å². The van der Waals surface area contributed by atoms with E-state index in [1.165, 1.54) is 25.7 Å². The molecule has 17 heavy (non-hydrogen) atoms. The lowest BCUT2D eigenvalue weighted by atomic mass is 9.77. The van der Waals surface area contributed by atoms with Crippen molar-refractivity contribution in [2.24, 2.45) is 17.3 Å². The second kappa shape index (κ2) is 7.38. The van der Waals surface area contributed by atoms with E-state index in [9.17, 15) is 0 Å². The van der Waals surface area contributed by atoms with E-state index in [2.05, 4.69) is 33.0 Å². The average molecular weight is 241 g/mol. The van der Waals surface area contributed by atoms with E-state index in [1.54, 1.807) is 0 Å². The first-order valence-corrected chi connectivity index (χ1v) is 7.28. The zero-order valence-corrected chi connectivity index (χ0v) is 12.2. The van der Waals surface area contributed by atoms with Crippen molar-refractivity contribution in [1.82, 2.24) is 5.32 Å². The van der Waals surface area contributed by atoms with Crippen molar-refractivity contribution in [1.29, 1.82) is 0 Å². The minimum Gasteiger partial charge on any atom is -0.381 e. The Labute approximate surface area is 108 Å². The van der Waals surface area contributed by atoms with E-state index >= 15 is 0 Å². The number of rotatable bonds is 7. The number of hydrogen-bond acceptors (Lipinski definition) is 2. The molecule has 1 rings (SSSR count). The third kappa shape index (κ3) is 7.05. The van der Waals surface area contributed by atoms with Crippen molar-refractivity contribution in [2.75, 3.05) is 26.3 Å². The van der Waals surface area contributed by atoms with Gasteiger partial charge in [0.1, 0.15) is 0 Å². The van der Waals surface area contributed by atoms with Crippen LogP contribution in [0.4, 0.5) is 0 Å². The molecule has 0 amide bonds. The average Bonchev–Trinajstić information content (AvgIpc) is 2.25. The Bertz CT molecular complexity index is 195. The van der Waals surface area contributed by atoms with Gasteiger partial charge in [-0.15, -0.1) is 0 Å². The quantitative estimate of drug-likeness (QED) is 0.689. The van der Waals surface area contributed by atoms with Crippen LogP contribution in [0.25, 0.3) is 0 Å². The van der Waals surface area contributed by atoms with E-state index in [1.807, 2.05) is 0 Å². The molecule has 1 heterocycles. The molecule has 0 unspecified atom stereocenters. The van der Waals surface area contributed by atoms with Gasteiger partial charge in [-0.1, -0.05) is 27.7 Å². The summed E-state index contributed by atoms with van der Waals surface area (Å²) in [4.78, 5) is 0. The van der Waals surface area contributed by atoms with E-state index in [4.69, 9.17) is 4.74 Å². The molecule has 0 bridgehead atoms. The summed E-state index contributed by atoms with van der Waals surface area (Å²) >= 11 is 0. The maximum absolute atomic E-state index is 5.43. The zero-order chi connectivity index (χ0) is 12.7. The Morgan fingerprint density at radius 1 is 1.24 bits per heavy atom. The van der Waals surface area contributed by atoms with Crippen LogP contribution < -0.4 is 5.32 Å². The SMILES string of the molecule is CC(C)CNCCC(C)(C)CC1CCOCC1. The van der Waals surface area contributed by atoms with Crippen molar-refractivity contribution < 1.29 is 4.74 Å². The molecule has 1 N–H and O–H groups in total. The highest BCUT2D eigenvalue weighted by molar-refractivity contribution is 4.76. The fourth-order valence-electron chi connectivity index (χ4n) is 2.65. The lowest BCUT2D eigenvalue weighted by Gasteiger charge is -2.32. The van der Waals surface area contributed by atoms with Crippen LogP contribution in [0.1, 0.15) is 53.4 Å². The lowest BCUT2D eigenvalue weighted by Crippen LogP contribution is -2.28. The van der Waals surface area contributed by atoms with Gasteiger partial charge in [-0.2, -0.15) is 0 Å². The maximum Gasteiger partial charge on any atom is 0.0468 e. The number of nitrogens with one attached hydrogen (secondary N) is 1. The predicted molar refractivity (Wildman–Crippen MR) is 74.3 cm³/mol. The van der Waals surface area contributed by atoms with Gasteiger partial charge in [0.15, 0.2) is 0 Å². The van der Waals surface area contributed by atoms with Crippen LogP contribution in [-0.2, 0) is 4.74 Å². The van der Waals surface area contributed by atoms with Gasteiger partial charge < -0.3 is 10.1 Å². The molecule has 102 valence electrons. The van der Waals surface area contributed by atoms with Gasteiger partial charge in [-0.05, 0) is 56.0 Å². The summed E-state index contributed by atoms with van der Waals surface area (Å²) in [5, 5.41) is 3.55. The highest BCUT2D eigenvalue weighted by Crippen LogP contribution is 2.33. The summed E-state index contributed by atoms with van der Waals surface area (Å²) in [6, 6.07) is 0. The molecule has 0 aromatic carbocycles. The van der Waals surface area contributed by atoms with Gasteiger partial charge in [-0.25, -0.2) is 0 Å². The van der Waals surface area contributed by atoms with Crippen molar-refractivity contribution in [3.8, 4) is 0 Å². The van der Waals surface area contributed by atoms with Gasteiger partial charge in [0.05, 0.1) is 0 Å². The Hall–Kier alpha value is -0.0800. The molecular weight excluding hydrogens is 210 g/mol. The van der Waals surface area contributed by atoms with Crippen molar-refractivity contribution in [3.05, 3.63) is 0 Å². The molecule has 0 aliphatic carbocycles. The second-order valence-corrected chi connectivity index (χ2v) is 6.77. The van der Waals surface area contributed by atoms with Crippen molar-refractivity contribution in [3.63, 3.8) is 0 Å². The molecule has 1 aliphatic heterocycles. The second-order valence-electron chi connectivity index (χ2n) is 6.77. The molecule has 1 fully saturated rings. The van der Waals surface area contributed by atoms with Gasteiger partial charge in [0, 0.05) is 13.2 Å². The fourth-order valence-corrected chi connectivity index (χ4v) is 2.65. The molecule has 0 atom stereocenters. The molecular formula is C15H31NO. The van der Waals surface area contributed by atoms with E-state index < -0.39 is 0 Å². The number of hydrogen-bond donors (Lipinski definition) is 1. The third-order valence-electron chi connectivity index (χ3n) is 3.71. The summed E-state index contributed by atoms with van der Waals surface area (Å²) in [5.41, 5.74) is 0.478. The highest BCUT2D eigenvalue weighted by atomic mass is 16.5. The Balaban J connectivity index is 2.15. The lowest BCUT2D eigenvalue weighted by molar-refractivity contribution is 0.0501. The summed E-state index contributed by atoms with van der Waals surface area (Å²) < 4.78 is 5.43. The molecule has 0 spiro atoms. The van der Waals surface area contributed by atoms with Gasteiger partial charge in [0.2, 0.25) is 0 Å². The molecule has 0 aromatic heterocycles. The molecule has 0 aromatic rings. The summed E-state index contributed by atoms with van der Waals surface area (Å²) in [5.74, 6) is 1.65. The van der Waals surface area contributed by atoms with Gasteiger partial charge in [-0.3, -0.25) is 0 Å². The molecule has 1 aliphatic rings. The maximum atomic E-state index is 5.43. The Morgan fingerprint density at radius 3 is 2.47 bits per heavy atom. The van der Waals surface area contributed by atoms with Crippen molar-refractivity contribution in [2.45, 2.75) is 53.4 Å². The van der Waals surface area contributed by atoms with Crippen LogP contribution >= 0.6 is 0 Å². The first-order chi connectivity index (χ1) is 7.99. The van der Waals surface area contributed by atoms with Crippen LogP contribution in [0.3, 0.4) is 0 Å². The zero-order valence-electron chi connectivity index (χ0n) is 12.2. The smallest absolute Gasteiger partial charge is 0.0468 e. The Morgan fingerprint density at radius 2 is 1.88 bits per heavy atom. The van der Waals surface area contributed by atoms with Gasteiger partial charge >= 0.3 is 0 Å². The highest BCUT2D eigenvalue weighted by Gasteiger charge is 2.24. The summed E-state index contributed by atoms with van der Waals surface area (Å²) in [6.07, 6.45) is 5.18. The minimum absolute atomic E-state index is 0.478. The fraction of sp³-hybridized carbons (Fsp3) is 1.00. The minimum atomic E-state index is 0.478. The topological polar surface area (TPSA) is 21.3 Å². The third-order valence-corrected chi connectivity index (χ3v) is 3.71. The molecule has 0 radical (unpaired) electrons. The molecule has 1 saturated heterocycles. The van der Waals surface area contributed by atoms with Crippen LogP contribution in [0.5, 0.6) is 0 Å². The first kappa shape index (κ1) is 15.0. The predicted octanol–water partition coefficient (Wildman–Crippen LogP) is 3.47. The summed E-state index contributed by atoms with van der Waals surface area (Å²) in [6.45, 7) is 13.6. The van der Waals surface area contributed by atoms with Crippen LogP contribution in [0.15, 0.2) is 0 Å². The van der Waals surface area contributed by atoms with Crippen LogP contribution in [0, 0.1) is 17.3 Å². The molecule has 2 nitrogen and oxygen atoms in total. The molecule has 0 saturated carbocycles. The Kier molecular flexibility index (Phi) is 6.50.